The SMILES string of the molecule is CCCCN(C)S(=O)(=O)c1cc(C(=O)O)n(CCC)c1. The Labute approximate surface area is 120 Å². The van der Waals surface area contributed by atoms with Crippen LogP contribution in [0.1, 0.15) is 43.6 Å². The first-order valence-corrected chi connectivity index (χ1v) is 8.18. The van der Waals surface area contributed by atoms with Crippen LogP contribution in [-0.4, -0.2) is 42.0 Å². The van der Waals surface area contributed by atoms with Crippen molar-refractivity contribution in [3.05, 3.63) is 18.0 Å². The Balaban J connectivity index is 3.12. The highest BCUT2D eigenvalue weighted by molar-refractivity contribution is 7.89. The summed E-state index contributed by atoms with van der Waals surface area (Å²) < 4.78 is 27.4. The molecule has 0 atom stereocenters. The number of carboxylic acid groups (broad SMARTS) is 1. The number of hydrogen-bond acceptors (Lipinski definition) is 3. The second-order valence-corrected chi connectivity index (χ2v) is 6.78. The van der Waals surface area contributed by atoms with Gasteiger partial charge >= 0.3 is 5.97 Å². The van der Waals surface area contributed by atoms with E-state index in [2.05, 4.69) is 0 Å². The third-order valence-corrected chi connectivity index (χ3v) is 4.91. The standard InChI is InChI=1S/C13H22N2O4S/c1-4-6-8-14(3)20(18,19)11-9-12(13(16)17)15(10-11)7-5-2/h9-10H,4-8H2,1-3H3,(H,16,17). The van der Waals surface area contributed by atoms with Gasteiger partial charge in [-0.1, -0.05) is 20.3 Å². The monoisotopic (exact) mass is 302 g/mol. The van der Waals surface area contributed by atoms with Crippen molar-refractivity contribution in [3.8, 4) is 0 Å². The molecule has 0 aliphatic carbocycles. The van der Waals surface area contributed by atoms with E-state index in [1.807, 2.05) is 13.8 Å². The van der Waals surface area contributed by atoms with Crippen molar-refractivity contribution in [3.63, 3.8) is 0 Å². The summed E-state index contributed by atoms with van der Waals surface area (Å²) in [4.78, 5) is 11.2. The smallest absolute Gasteiger partial charge is 0.352 e. The van der Waals surface area contributed by atoms with Crippen LogP contribution in [0, 0.1) is 0 Å². The predicted molar refractivity (Wildman–Crippen MR) is 76.4 cm³/mol. The second-order valence-electron chi connectivity index (χ2n) is 4.74. The number of carbonyl (C=O) groups is 1. The summed E-state index contributed by atoms with van der Waals surface area (Å²) in [6, 6.07) is 1.23. The van der Waals surface area contributed by atoms with Crippen molar-refractivity contribution >= 4 is 16.0 Å². The van der Waals surface area contributed by atoms with Crippen molar-refractivity contribution in [2.75, 3.05) is 13.6 Å². The highest BCUT2D eigenvalue weighted by Gasteiger charge is 2.24. The molecule has 1 aromatic rings. The average molecular weight is 302 g/mol. The van der Waals surface area contributed by atoms with Crippen LogP contribution in [0.2, 0.25) is 0 Å². The third kappa shape index (κ3) is 3.61. The minimum Gasteiger partial charge on any atom is -0.477 e. The van der Waals surface area contributed by atoms with Gasteiger partial charge in [0.05, 0.1) is 0 Å². The number of unbranched alkanes of at least 4 members (excludes halogenated alkanes) is 1. The highest BCUT2D eigenvalue weighted by atomic mass is 32.2. The van der Waals surface area contributed by atoms with Crippen LogP contribution in [-0.2, 0) is 16.6 Å². The maximum atomic E-state index is 12.4. The molecule has 1 heterocycles. The van der Waals surface area contributed by atoms with Crippen LogP contribution in [0.5, 0.6) is 0 Å². The molecule has 0 radical (unpaired) electrons. The molecule has 0 aromatic carbocycles. The fraction of sp³-hybridized carbons (Fsp3) is 0.615. The van der Waals surface area contributed by atoms with Crippen molar-refractivity contribution in [2.24, 2.45) is 0 Å². The van der Waals surface area contributed by atoms with E-state index >= 15 is 0 Å². The van der Waals surface area contributed by atoms with Crippen molar-refractivity contribution in [1.29, 1.82) is 0 Å². The highest BCUT2D eigenvalue weighted by Crippen LogP contribution is 2.19. The lowest BCUT2D eigenvalue weighted by atomic mass is 10.3. The maximum absolute atomic E-state index is 12.4. The summed E-state index contributed by atoms with van der Waals surface area (Å²) in [5.41, 5.74) is 0.00863. The van der Waals surface area contributed by atoms with Gasteiger partial charge in [-0.3, -0.25) is 0 Å². The lowest BCUT2D eigenvalue weighted by Crippen LogP contribution is -2.27. The molecule has 0 spiro atoms. The van der Waals surface area contributed by atoms with Gasteiger partial charge in [-0.05, 0) is 18.9 Å². The Bertz CT molecular complexity index is 563. The molecule has 1 aromatic heterocycles. The van der Waals surface area contributed by atoms with E-state index in [0.29, 0.717) is 13.1 Å². The first-order valence-electron chi connectivity index (χ1n) is 6.74. The van der Waals surface area contributed by atoms with Gasteiger partial charge in [0.15, 0.2) is 0 Å². The summed E-state index contributed by atoms with van der Waals surface area (Å²) in [6.45, 7) is 4.81. The van der Waals surface area contributed by atoms with Gasteiger partial charge in [-0.2, -0.15) is 0 Å². The summed E-state index contributed by atoms with van der Waals surface area (Å²) >= 11 is 0. The zero-order chi connectivity index (χ0) is 15.3. The summed E-state index contributed by atoms with van der Waals surface area (Å²) in [5.74, 6) is -1.11. The van der Waals surface area contributed by atoms with E-state index < -0.39 is 16.0 Å². The number of rotatable bonds is 8. The molecule has 0 bridgehead atoms. The second kappa shape index (κ2) is 6.90. The quantitative estimate of drug-likeness (QED) is 0.796. The zero-order valence-corrected chi connectivity index (χ0v) is 13.0. The van der Waals surface area contributed by atoms with E-state index in [1.54, 1.807) is 0 Å². The van der Waals surface area contributed by atoms with Crippen LogP contribution < -0.4 is 0 Å². The van der Waals surface area contributed by atoms with Gasteiger partial charge < -0.3 is 9.67 Å². The van der Waals surface area contributed by atoms with E-state index in [0.717, 1.165) is 19.3 Å². The molecule has 114 valence electrons. The Morgan fingerprint density at radius 1 is 1.35 bits per heavy atom. The van der Waals surface area contributed by atoms with Crippen LogP contribution in [0.3, 0.4) is 0 Å². The zero-order valence-electron chi connectivity index (χ0n) is 12.2. The van der Waals surface area contributed by atoms with Crippen LogP contribution in [0.15, 0.2) is 17.2 Å². The molecular formula is C13H22N2O4S. The molecule has 7 heteroatoms. The molecule has 20 heavy (non-hydrogen) atoms. The van der Waals surface area contributed by atoms with E-state index in [-0.39, 0.29) is 10.6 Å². The van der Waals surface area contributed by atoms with E-state index in [1.165, 1.54) is 28.2 Å². The number of nitrogens with zero attached hydrogens (tertiary/aromatic N) is 2. The molecule has 1 rings (SSSR count). The Morgan fingerprint density at radius 2 is 2.00 bits per heavy atom. The molecule has 0 fully saturated rings. The normalized spacial score (nSPS) is 12.0. The van der Waals surface area contributed by atoms with E-state index in [4.69, 9.17) is 5.11 Å². The van der Waals surface area contributed by atoms with Crippen LogP contribution in [0.25, 0.3) is 0 Å². The number of hydrogen-bond donors (Lipinski definition) is 1. The van der Waals surface area contributed by atoms with Gasteiger partial charge in [0.25, 0.3) is 0 Å². The number of sulfonamides is 1. The molecule has 0 amide bonds. The third-order valence-electron chi connectivity index (χ3n) is 3.09. The van der Waals surface area contributed by atoms with Gasteiger partial charge in [0.2, 0.25) is 10.0 Å². The maximum Gasteiger partial charge on any atom is 0.352 e. The summed E-state index contributed by atoms with van der Waals surface area (Å²) in [7, 11) is -2.10. The predicted octanol–water partition coefficient (Wildman–Crippen LogP) is 2.02. The Kier molecular flexibility index (Phi) is 5.76. The first-order chi connectivity index (χ1) is 9.34. The molecule has 1 N–H and O–H groups in total. The fourth-order valence-corrected chi connectivity index (χ4v) is 3.16. The molecule has 0 saturated heterocycles. The number of aromatic carboxylic acids is 1. The van der Waals surface area contributed by atoms with Gasteiger partial charge in [-0.25, -0.2) is 17.5 Å². The fourth-order valence-electron chi connectivity index (χ4n) is 1.91. The minimum absolute atomic E-state index is 0.00863. The largest absolute Gasteiger partial charge is 0.477 e. The van der Waals surface area contributed by atoms with Crippen molar-refractivity contribution in [1.82, 2.24) is 8.87 Å². The van der Waals surface area contributed by atoms with Gasteiger partial charge in [0.1, 0.15) is 10.6 Å². The number of aromatic nitrogens is 1. The summed E-state index contributed by atoms with van der Waals surface area (Å²) in [6.07, 6.45) is 3.82. The van der Waals surface area contributed by atoms with Crippen molar-refractivity contribution < 1.29 is 18.3 Å². The van der Waals surface area contributed by atoms with E-state index in [9.17, 15) is 13.2 Å². The molecule has 6 nitrogen and oxygen atoms in total. The molecule has 0 aliphatic rings. The average Bonchev–Trinajstić information content (AvgIpc) is 2.81. The molecular weight excluding hydrogens is 280 g/mol. The Hall–Kier alpha value is -1.34. The minimum atomic E-state index is -3.62. The Morgan fingerprint density at radius 3 is 2.50 bits per heavy atom. The topological polar surface area (TPSA) is 79.6 Å². The lowest BCUT2D eigenvalue weighted by molar-refractivity contribution is 0.0685. The first kappa shape index (κ1) is 16.7. The number of carboxylic acids is 1. The molecule has 0 aliphatic heterocycles. The van der Waals surface area contributed by atoms with Gasteiger partial charge in [-0.15, -0.1) is 0 Å². The summed E-state index contributed by atoms with van der Waals surface area (Å²) in [5, 5.41) is 9.12. The van der Waals surface area contributed by atoms with Crippen LogP contribution >= 0.6 is 0 Å². The van der Waals surface area contributed by atoms with Crippen molar-refractivity contribution in [2.45, 2.75) is 44.6 Å². The number of aryl methyl sites for hydroxylation is 1. The lowest BCUT2D eigenvalue weighted by Gasteiger charge is -2.15. The molecule has 0 saturated carbocycles. The molecule has 0 unspecified atom stereocenters. The van der Waals surface area contributed by atoms with Crippen LogP contribution in [0.4, 0.5) is 0 Å². The van der Waals surface area contributed by atoms with Gasteiger partial charge in [0, 0.05) is 26.3 Å².